The molecule has 0 amide bonds. The number of thioether (sulfide) groups is 1. The monoisotopic (exact) mass is 298 g/mol. The van der Waals surface area contributed by atoms with E-state index < -0.39 is 0 Å². The summed E-state index contributed by atoms with van der Waals surface area (Å²) in [5, 5.41) is 9.91. The Bertz CT molecular complexity index is 402. The molecule has 0 bridgehead atoms. The van der Waals surface area contributed by atoms with E-state index in [1.165, 1.54) is 12.8 Å². The minimum atomic E-state index is 0.594. The van der Waals surface area contributed by atoms with E-state index in [0.29, 0.717) is 5.92 Å². The van der Waals surface area contributed by atoms with Crippen LogP contribution in [-0.4, -0.2) is 46.8 Å². The van der Waals surface area contributed by atoms with Gasteiger partial charge in [0.2, 0.25) is 5.95 Å². The molecule has 0 aromatic carbocycles. The summed E-state index contributed by atoms with van der Waals surface area (Å²) >= 11 is 1.83. The third-order valence-electron chi connectivity index (χ3n) is 3.27. The lowest BCUT2D eigenvalue weighted by Gasteiger charge is -2.28. The maximum absolute atomic E-state index is 5.42. The number of rotatable bonds is 7. The van der Waals surface area contributed by atoms with Gasteiger partial charge in [-0.2, -0.15) is 0 Å². The Morgan fingerprint density at radius 2 is 2.00 bits per heavy atom. The summed E-state index contributed by atoms with van der Waals surface area (Å²) in [7, 11) is 0. The summed E-state index contributed by atoms with van der Waals surface area (Å²) < 4.78 is 7.71. The Balaban J connectivity index is 2.12. The van der Waals surface area contributed by atoms with Crippen LogP contribution in [0.3, 0.4) is 0 Å². The summed E-state index contributed by atoms with van der Waals surface area (Å²) in [6.45, 7) is 11.1. The Morgan fingerprint density at radius 3 is 2.65 bits per heavy atom. The van der Waals surface area contributed by atoms with Gasteiger partial charge in [-0.15, -0.1) is 10.2 Å². The molecule has 114 valence electrons. The van der Waals surface area contributed by atoms with Gasteiger partial charge in [0, 0.05) is 25.4 Å². The van der Waals surface area contributed by atoms with Crippen LogP contribution >= 0.6 is 11.8 Å². The molecule has 0 saturated carbocycles. The van der Waals surface area contributed by atoms with Crippen LogP contribution < -0.4 is 4.90 Å². The highest BCUT2D eigenvalue weighted by Crippen LogP contribution is 2.24. The second kappa shape index (κ2) is 7.88. The zero-order valence-corrected chi connectivity index (χ0v) is 13.7. The zero-order valence-electron chi connectivity index (χ0n) is 12.8. The summed E-state index contributed by atoms with van der Waals surface area (Å²) in [5.74, 6) is 2.73. The SMILES string of the molecule is CCCCSc1nnc(N2CCOCC2)n1CC(C)C. The molecule has 0 unspecified atom stereocenters. The molecule has 2 rings (SSSR count). The number of morpholine rings is 1. The molecular weight excluding hydrogens is 272 g/mol. The summed E-state index contributed by atoms with van der Waals surface area (Å²) in [6, 6.07) is 0. The normalized spacial score (nSPS) is 16.1. The molecule has 0 radical (unpaired) electrons. The molecule has 0 aliphatic carbocycles. The van der Waals surface area contributed by atoms with Crippen molar-refractivity contribution in [3.8, 4) is 0 Å². The lowest BCUT2D eigenvalue weighted by Crippen LogP contribution is -2.38. The Hall–Kier alpha value is -0.750. The number of aromatic nitrogens is 3. The van der Waals surface area contributed by atoms with E-state index in [9.17, 15) is 0 Å². The molecule has 20 heavy (non-hydrogen) atoms. The minimum Gasteiger partial charge on any atom is -0.378 e. The van der Waals surface area contributed by atoms with Crippen molar-refractivity contribution in [1.29, 1.82) is 0 Å². The van der Waals surface area contributed by atoms with Crippen LogP contribution in [0.5, 0.6) is 0 Å². The van der Waals surface area contributed by atoms with Gasteiger partial charge in [0.15, 0.2) is 5.16 Å². The van der Waals surface area contributed by atoms with Gasteiger partial charge in [-0.25, -0.2) is 0 Å². The molecule has 0 atom stereocenters. The smallest absolute Gasteiger partial charge is 0.228 e. The van der Waals surface area contributed by atoms with Crippen molar-refractivity contribution in [2.75, 3.05) is 37.0 Å². The molecule has 6 heteroatoms. The minimum absolute atomic E-state index is 0.594. The van der Waals surface area contributed by atoms with Crippen LogP contribution in [-0.2, 0) is 11.3 Å². The van der Waals surface area contributed by atoms with Gasteiger partial charge in [0.25, 0.3) is 0 Å². The molecule has 0 spiro atoms. The molecule has 1 aliphatic heterocycles. The summed E-state index contributed by atoms with van der Waals surface area (Å²) in [6.07, 6.45) is 2.45. The van der Waals surface area contributed by atoms with Crippen LogP contribution in [0.1, 0.15) is 33.6 Å². The molecule has 2 heterocycles. The maximum Gasteiger partial charge on any atom is 0.228 e. The van der Waals surface area contributed by atoms with Gasteiger partial charge in [0.1, 0.15) is 0 Å². The third kappa shape index (κ3) is 4.12. The fraction of sp³-hybridized carbons (Fsp3) is 0.857. The van der Waals surface area contributed by atoms with E-state index in [-0.39, 0.29) is 0 Å². The number of ether oxygens (including phenoxy) is 1. The fourth-order valence-corrected chi connectivity index (χ4v) is 3.24. The molecular formula is C14H26N4OS. The second-order valence-electron chi connectivity index (χ2n) is 5.59. The lowest BCUT2D eigenvalue weighted by atomic mass is 10.2. The van der Waals surface area contributed by atoms with Crippen LogP contribution in [0.25, 0.3) is 0 Å². The van der Waals surface area contributed by atoms with Crippen molar-refractivity contribution in [2.45, 2.75) is 45.3 Å². The lowest BCUT2D eigenvalue weighted by molar-refractivity contribution is 0.121. The first-order valence-electron chi connectivity index (χ1n) is 7.61. The largest absolute Gasteiger partial charge is 0.378 e. The number of unbranched alkanes of at least 4 members (excludes halogenated alkanes) is 1. The first-order valence-corrected chi connectivity index (χ1v) is 8.59. The topological polar surface area (TPSA) is 43.2 Å². The van der Waals surface area contributed by atoms with Crippen molar-refractivity contribution in [3.63, 3.8) is 0 Å². The van der Waals surface area contributed by atoms with Crippen LogP contribution in [0.15, 0.2) is 5.16 Å². The number of anilines is 1. The van der Waals surface area contributed by atoms with Crippen molar-refractivity contribution in [3.05, 3.63) is 0 Å². The van der Waals surface area contributed by atoms with Gasteiger partial charge >= 0.3 is 0 Å². The summed E-state index contributed by atoms with van der Waals surface area (Å²) in [4.78, 5) is 2.29. The highest BCUT2D eigenvalue weighted by atomic mass is 32.2. The van der Waals surface area contributed by atoms with Crippen molar-refractivity contribution >= 4 is 17.7 Å². The number of nitrogens with zero attached hydrogens (tertiary/aromatic N) is 4. The van der Waals surface area contributed by atoms with E-state index in [4.69, 9.17) is 4.74 Å². The van der Waals surface area contributed by atoms with E-state index in [2.05, 4.69) is 40.4 Å². The van der Waals surface area contributed by atoms with E-state index in [1.807, 2.05) is 11.8 Å². The number of hydrogen-bond acceptors (Lipinski definition) is 5. The fourth-order valence-electron chi connectivity index (χ4n) is 2.22. The van der Waals surface area contributed by atoms with Crippen molar-refractivity contribution < 1.29 is 4.74 Å². The van der Waals surface area contributed by atoms with Crippen LogP contribution in [0.4, 0.5) is 5.95 Å². The zero-order chi connectivity index (χ0) is 14.4. The Labute approximate surface area is 126 Å². The third-order valence-corrected chi connectivity index (χ3v) is 4.32. The highest BCUT2D eigenvalue weighted by molar-refractivity contribution is 7.99. The Kier molecular flexibility index (Phi) is 6.16. The van der Waals surface area contributed by atoms with Gasteiger partial charge in [-0.1, -0.05) is 39.0 Å². The van der Waals surface area contributed by atoms with Gasteiger partial charge < -0.3 is 9.64 Å². The van der Waals surface area contributed by atoms with Crippen molar-refractivity contribution in [2.24, 2.45) is 5.92 Å². The quantitative estimate of drug-likeness (QED) is 0.572. The average Bonchev–Trinajstić information content (AvgIpc) is 2.82. The molecule has 1 aliphatic rings. The van der Waals surface area contributed by atoms with E-state index >= 15 is 0 Å². The van der Waals surface area contributed by atoms with Gasteiger partial charge in [-0.05, 0) is 12.3 Å². The first-order chi connectivity index (χ1) is 9.72. The van der Waals surface area contributed by atoms with Crippen LogP contribution in [0.2, 0.25) is 0 Å². The average molecular weight is 298 g/mol. The van der Waals surface area contributed by atoms with Crippen LogP contribution in [0, 0.1) is 5.92 Å². The predicted molar refractivity (Wildman–Crippen MR) is 83.5 cm³/mol. The highest BCUT2D eigenvalue weighted by Gasteiger charge is 2.20. The molecule has 5 nitrogen and oxygen atoms in total. The van der Waals surface area contributed by atoms with E-state index in [0.717, 1.165) is 49.7 Å². The Morgan fingerprint density at radius 1 is 1.25 bits per heavy atom. The molecule has 1 aromatic rings. The maximum atomic E-state index is 5.42. The predicted octanol–water partition coefficient (Wildman–Crippen LogP) is 2.66. The second-order valence-corrected chi connectivity index (χ2v) is 6.65. The molecule has 1 fully saturated rings. The first kappa shape index (κ1) is 15.6. The summed E-state index contributed by atoms with van der Waals surface area (Å²) in [5.41, 5.74) is 0. The standard InChI is InChI=1S/C14H26N4OS/c1-4-5-10-20-14-16-15-13(18(14)11-12(2)3)17-6-8-19-9-7-17/h12H,4-11H2,1-3H3. The van der Waals surface area contributed by atoms with E-state index in [1.54, 1.807) is 0 Å². The molecule has 1 aromatic heterocycles. The number of hydrogen-bond donors (Lipinski definition) is 0. The van der Waals surface area contributed by atoms with Gasteiger partial charge in [-0.3, -0.25) is 4.57 Å². The van der Waals surface area contributed by atoms with Crippen molar-refractivity contribution in [1.82, 2.24) is 14.8 Å². The van der Waals surface area contributed by atoms with Gasteiger partial charge in [0.05, 0.1) is 13.2 Å². The molecule has 1 saturated heterocycles. The molecule has 0 N–H and O–H groups in total.